The molecule has 2 aliphatic carbocycles. The van der Waals surface area contributed by atoms with Crippen LogP contribution in [0.3, 0.4) is 0 Å². The molecule has 0 fully saturated rings. The van der Waals surface area contributed by atoms with Gasteiger partial charge < -0.3 is 10.8 Å². The SMILES string of the molecule is CC.Cc1cc2c3c(c1)CC(N)c1cc(C)cc(c1-3)C(O)[CH-]2.[U]. The summed E-state index contributed by atoms with van der Waals surface area (Å²) in [6.07, 6.45) is 2.31. The fraction of sp³-hybridized carbons (Fsp3) is 0.350. The average Bonchev–Trinajstić information content (AvgIpc) is 2.48. The van der Waals surface area contributed by atoms with Crippen LogP contribution in [0.2, 0.25) is 0 Å². The second kappa shape index (κ2) is 7.03. The Bertz CT molecular complexity index is 684. The zero-order valence-corrected chi connectivity index (χ0v) is 18.4. The molecule has 0 bridgehead atoms. The predicted molar refractivity (Wildman–Crippen MR) is 91.7 cm³/mol. The standard InChI is InChI=1S/C18H18NO.C2H6.U/c1-9-3-11-7-15(19)13-5-10(2)6-14-16(20)8-12(4-9)17(11)18(13)14;1-2;/h3-6,8,15-16,20H,7,19H2,1-2H3;1-2H3;/q-1;;. The molecule has 0 amide bonds. The summed E-state index contributed by atoms with van der Waals surface area (Å²) >= 11 is 0. The van der Waals surface area contributed by atoms with Gasteiger partial charge >= 0.3 is 0 Å². The van der Waals surface area contributed by atoms with Crippen molar-refractivity contribution in [2.75, 3.05) is 0 Å². The van der Waals surface area contributed by atoms with E-state index in [1.807, 2.05) is 20.3 Å². The van der Waals surface area contributed by atoms with Crippen molar-refractivity contribution < 1.29 is 36.2 Å². The van der Waals surface area contributed by atoms with E-state index in [0.717, 1.165) is 17.5 Å². The van der Waals surface area contributed by atoms with E-state index in [1.54, 1.807) is 0 Å². The molecule has 2 nitrogen and oxygen atoms in total. The Balaban J connectivity index is 0.000000617. The summed E-state index contributed by atoms with van der Waals surface area (Å²) in [4.78, 5) is 0. The summed E-state index contributed by atoms with van der Waals surface area (Å²) < 4.78 is 0. The first kappa shape index (κ1) is 18.6. The van der Waals surface area contributed by atoms with Gasteiger partial charge in [-0.3, -0.25) is 0 Å². The van der Waals surface area contributed by atoms with Gasteiger partial charge in [0, 0.05) is 37.2 Å². The normalized spacial score (nSPS) is 19.6. The number of hydrogen-bond donors (Lipinski definition) is 2. The Labute approximate surface area is 162 Å². The molecule has 2 aromatic rings. The summed E-state index contributed by atoms with van der Waals surface area (Å²) in [6, 6.07) is 8.68. The molecule has 0 saturated carbocycles. The molecule has 23 heavy (non-hydrogen) atoms. The van der Waals surface area contributed by atoms with Crippen LogP contribution in [0.25, 0.3) is 11.1 Å². The molecule has 0 aromatic heterocycles. The Morgan fingerprint density at radius 2 is 1.61 bits per heavy atom. The molecular weight excluding hydrogens is 508 g/mol. The summed E-state index contributed by atoms with van der Waals surface area (Å²) in [5.74, 6) is 0. The number of nitrogens with two attached hydrogens (primary N) is 1. The number of benzene rings is 2. The maximum Gasteiger partial charge on any atom is 0.0540 e. The van der Waals surface area contributed by atoms with Crippen LogP contribution in [0, 0.1) is 51.4 Å². The Hall–Kier alpha value is -0.718. The van der Waals surface area contributed by atoms with Gasteiger partial charge in [-0.05, 0) is 24.5 Å². The smallest absolute Gasteiger partial charge is 0.0540 e. The summed E-state index contributed by atoms with van der Waals surface area (Å²) in [5.41, 5.74) is 15.9. The third-order valence-electron chi connectivity index (χ3n) is 4.48. The van der Waals surface area contributed by atoms with Crippen molar-refractivity contribution in [2.24, 2.45) is 5.73 Å². The first-order chi connectivity index (χ1) is 10.5. The van der Waals surface area contributed by atoms with Crippen molar-refractivity contribution in [3.8, 4) is 11.1 Å². The van der Waals surface area contributed by atoms with Crippen LogP contribution in [-0.4, -0.2) is 5.11 Å². The van der Waals surface area contributed by atoms with Crippen molar-refractivity contribution in [1.29, 1.82) is 0 Å². The Morgan fingerprint density at radius 1 is 1.00 bits per heavy atom. The van der Waals surface area contributed by atoms with Crippen LogP contribution in [0.1, 0.15) is 59.4 Å². The maximum atomic E-state index is 10.5. The topological polar surface area (TPSA) is 46.2 Å². The molecule has 2 aliphatic rings. The molecular formula is C20H24NOU-. The maximum absolute atomic E-state index is 10.5. The monoisotopic (exact) mass is 532 g/mol. The third kappa shape index (κ3) is 3.01. The second-order valence-corrected chi connectivity index (χ2v) is 6.13. The first-order valence-electron chi connectivity index (χ1n) is 8.11. The minimum atomic E-state index is -0.531. The molecule has 0 spiro atoms. The van der Waals surface area contributed by atoms with E-state index in [4.69, 9.17) is 5.73 Å². The average molecular weight is 532 g/mol. The van der Waals surface area contributed by atoms with E-state index < -0.39 is 6.10 Å². The van der Waals surface area contributed by atoms with E-state index in [0.29, 0.717) is 0 Å². The Morgan fingerprint density at radius 3 is 2.30 bits per heavy atom. The molecule has 0 saturated heterocycles. The molecule has 0 radical (unpaired) electrons. The minimum Gasteiger partial charge on any atom is -0.397 e. The van der Waals surface area contributed by atoms with Crippen LogP contribution in [0.15, 0.2) is 24.3 Å². The number of rotatable bonds is 0. The molecule has 3 N–H and O–H groups in total. The molecule has 120 valence electrons. The van der Waals surface area contributed by atoms with Crippen LogP contribution >= 0.6 is 0 Å². The third-order valence-corrected chi connectivity index (χ3v) is 4.48. The molecule has 0 aliphatic heterocycles. The molecule has 2 atom stereocenters. The van der Waals surface area contributed by atoms with Crippen molar-refractivity contribution in [2.45, 2.75) is 46.3 Å². The van der Waals surface area contributed by atoms with Crippen LogP contribution in [0.4, 0.5) is 0 Å². The number of aliphatic hydroxyl groups excluding tert-OH is 1. The fourth-order valence-electron chi connectivity index (χ4n) is 3.75. The van der Waals surface area contributed by atoms with E-state index >= 15 is 0 Å². The molecule has 3 heteroatoms. The van der Waals surface area contributed by atoms with Crippen LogP contribution in [-0.2, 0) is 6.42 Å². The predicted octanol–water partition coefficient (Wildman–Crippen LogP) is 4.15. The fourth-order valence-corrected chi connectivity index (χ4v) is 3.75. The van der Waals surface area contributed by atoms with Gasteiger partial charge in [0.2, 0.25) is 0 Å². The Kier molecular flexibility index (Phi) is 5.69. The van der Waals surface area contributed by atoms with E-state index in [-0.39, 0.29) is 37.2 Å². The molecule has 2 unspecified atom stereocenters. The van der Waals surface area contributed by atoms with Gasteiger partial charge in [0.1, 0.15) is 0 Å². The number of aryl methyl sites for hydroxylation is 2. The zero-order valence-electron chi connectivity index (χ0n) is 14.3. The zero-order chi connectivity index (χ0) is 16.0. The quantitative estimate of drug-likeness (QED) is 0.501. The molecule has 0 heterocycles. The van der Waals surface area contributed by atoms with Gasteiger partial charge in [0.15, 0.2) is 0 Å². The van der Waals surface area contributed by atoms with Gasteiger partial charge in [-0.2, -0.15) is 18.1 Å². The van der Waals surface area contributed by atoms with Gasteiger partial charge in [-0.25, -0.2) is 0 Å². The summed E-state index contributed by atoms with van der Waals surface area (Å²) in [6.45, 7) is 8.17. The van der Waals surface area contributed by atoms with E-state index in [9.17, 15) is 5.11 Å². The van der Waals surface area contributed by atoms with E-state index in [2.05, 4.69) is 38.1 Å². The summed E-state index contributed by atoms with van der Waals surface area (Å²) in [5, 5.41) is 10.5. The van der Waals surface area contributed by atoms with Crippen LogP contribution < -0.4 is 5.73 Å². The largest absolute Gasteiger partial charge is 0.397 e. The minimum absolute atomic E-state index is 0. The van der Waals surface area contributed by atoms with Crippen molar-refractivity contribution in [3.63, 3.8) is 0 Å². The van der Waals surface area contributed by atoms with Gasteiger partial charge in [0.25, 0.3) is 0 Å². The van der Waals surface area contributed by atoms with Crippen molar-refractivity contribution >= 4 is 0 Å². The van der Waals surface area contributed by atoms with Gasteiger partial charge in [0.05, 0.1) is 6.10 Å². The second-order valence-electron chi connectivity index (χ2n) is 6.13. The number of aliphatic hydroxyl groups is 1. The van der Waals surface area contributed by atoms with Crippen molar-refractivity contribution in [1.82, 2.24) is 0 Å². The summed E-state index contributed by atoms with van der Waals surface area (Å²) in [7, 11) is 0. The van der Waals surface area contributed by atoms with Crippen molar-refractivity contribution in [3.05, 3.63) is 64.1 Å². The van der Waals surface area contributed by atoms with Crippen LogP contribution in [0.5, 0.6) is 0 Å². The van der Waals surface area contributed by atoms with E-state index in [1.165, 1.54) is 33.4 Å². The molecule has 4 rings (SSSR count). The number of hydrogen-bond acceptors (Lipinski definition) is 2. The first-order valence-corrected chi connectivity index (χ1v) is 8.11. The molecule has 2 aromatic carbocycles. The van der Waals surface area contributed by atoms with Gasteiger partial charge in [-0.1, -0.05) is 55.7 Å². The van der Waals surface area contributed by atoms with Gasteiger partial charge in [-0.15, -0.1) is 11.1 Å².